The third kappa shape index (κ3) is 6.23. The van der Waals surface area contributed by atoms with Gasteiger partial charge in [0.1, 0.15) is 0 Å². The minimum atomic E-state index is -0.337. The van der Waals surface area contributed by atoms with Crippen LogP contribution in [0.3, 0.4) is 0 Å². The van der Waals surface area contributed by atoms with Gasteiger partial charge in [0.25, 0.3) is 0 Å². The highest BCUT2D eigenvalue weighted by molar-refractivity contribution is 7.25. The third-order valence-corrected chi connectivity index (χ3v) is 14.1. The van der Waals surface area contributed by atoms with Crippen molar-refractivity contribution in [3.05, 3.63) is 241 Å². The van der Waals surface area contributed by atoms with Crippen molar-refractivity contribution in [1.29, 1.82) is 0 Å². The van der Waals surface area contributed by atoms with Gasteiger partial charge in [-0.25, -0.2) is 9.97 Å². The molecule has 9 aromatic carbocycles. The summed E-state index contributed by atoms with van der Waals surface area (Å²) in [7, 11) is 0. The average Bonchev–Trinajstić information content (AvgIpc) is 3.88. The maximum absolute atomic E-state index is 5.23. The molecule has 1 unspecified atom stereocenters. The SMILES string of the molecule is CC1(c2ccccc2)c2cc(-c3cccc(-c4cc(-c5ccc(-c6cccc7sc8ccccc8c67)cc5)nc(-c5ccccc5)n4)c3)ccc2-c2c(-c3ccccc3)cccc21. The summed E-state index contributed by atoms with van der Waals surface area (Å²) in [5.74, 6) is 0.704. The van der Waals surface area contributed by atoms with Crippen LogP contribution in [0.1, 0.15) is 23.6 Å². The summed E-state index contributed by atoms with van der Waals surface area (Å²) in [5.41, 5.74) is 18.3. The second-order valence-corrected chi connectivity index (χ2v) is 17.7. The lowest BCUT2D eigenvalue weighted by molar-refractivity contribution is 0.714. The van der Waals surface area contributed by atoms with E-state index in [0.29, 0.717) is 5.82 Å². The van der Waals surface area contributed by atoms with Crippen molar-refractivity contribution >= 4 is 31.5 Å². The first-order chi connectivity index (χ1) is 31.1. The van der Waals surface area contributed by atoms with E-state index in [1.165, 1.54) is 75.8 Å². The van der Waals surface area contributed by atoms with Crippen molar-refractivity contribution in [3.63, 3.8) is 0 Å². The van der Waals surface area contributed by atoms with E-state index in [0.717, 1.165) is 33.6 Å². The number of benzene rings is 9. The van der Waals surface area contributed by atoms with Crippen LogP contribution in [0.15, 0.2) is 224 Å². The predicted octanol–water partition coefficient (Wildman–Crippen LogP) is 16.2. The number of hydrogen-bond donors (Lipinski definition) is 0. The van der Waals surface area contributed by atoms with Crippen molar-refractivity contribution in [2.45, 2.75) is 12.3 Å². The summed E-state index contributed by atoms with van der Waals surface area (Å²) < 4.78 is 2.62. The van der Waals surface area contributed by atoms with Gasteiger partial charge in [-0.3, -0.25) is 0 Å². The summed E-state index contributed by atoms with van der Waals surface area (Å²) in [5, 5.41) is 2.62. The Morgan fingerprint density at radius 2 is 0.921 bits per heavy atom. The molecule has 0 aliphatic heterocycles. The van der Waals surface area contributed by atoms with Crippen LogP contribution in [0.4, 0.5) is 0 Å². The van der Waals surface area contributed by atoms with E-state index in [2.05, 4.69) is 213 Å². The van der Waals surface area contributed by atoms with E-state index >= 15 is 0 Å². The monoisotopic (exact) mass is 820 g/mol. The Labute approximate surface area is 371 Å². The quantitative estimate of drug-likeness (QED) is 0.160. The van der Waals surface area contributed by atoms with Crippen LogP contribution in [-0.4, -0.2) is 9.97 Å². The second kappa shape index (κ2) is 15.0. The van der Waals surface area contributed by atoms with E-state index in [1.807, 2.05) is 29.5 Å². The first kappa shape index (κ1) is 37.1. The molecule has 0 fully saturated rings. The van der Waals surface area contributed by atoms with Crippen LogP contribution in [0, 0.1) is 0 Å². The second-order valence-electron chi connectivity index (χ2n) is 16.6. The van der Waals surface area contributed by atoms with E-state index in [-0.39, 0.29) is 5.41 Å². The zero-order valence-corrected chi connectivity index (χ0v) is 35.5. The fraction of sp³-hybridized carbons (Fsp3) is 0.0333. The first-order valence-corrected chi connectivity index (χ1v) is 22.4. The highest BCUT2D eigenvalue weighted by Gasteiger charge is 2.42. The summed E-state index contributed by atoms with van der Waals surface area (Å²) in [6, 6.07) is 81.2. The van der Waals surface area contributed by atoms with Gasteiger partial charge >= 0.3 is 0 Å². The summed E-state index contributed by atoms with van der Waals surface area (Å²) >= 11 is 1.85. The molecule has 0 radical (unpaired) electrons. The lowest BCUT2D eigenvalue weighted by Crippen LogP contribution is -2.22. The largest absolute Gasteiger partial charge is 0.228 e. The molecule has 11 aromatic rings. The van der Waals surface area contributed by atoms with Crippen LogP contribution in [0.2, 0.25) is 0 Å². The first-order valence-electron chi connectivity index (χ1n) is 21.6. The average molecular weight is 821 g/mol. The molecule has 3 heteroatoms. The molecular weight excluding hydrogens is 781 g/mol. The summed E-state index contributed by atoms with van der Waals surface area (Å²) in [4.78, 5) is 10.4. The molecular formula is C60H40N2S. The lowest BCUT2D eigenvalue weighted by atomic mass is 9.73. The number of thiophene rings is 1. The van der Waals surface area contributed by atoms with Gasteiger partial charge in [-0.15, -0.1) is 11.3 Å². The third-order valence-electron chi connectivity index (χ3n) is 13.0. The van der Waals surface area contributed by atoms with Gasteiger partial charge in [0, 0.05) is 42.3 Å². The van der Waals surface area contributed by atoms with Crippen LogP contribution in [0.25, 0.3) is 98.6 Å². The molecule has 63 heavy (non-hydrogen) atoms. The molecule has 296 valence electrons. The van der Waals surface area contributed by atoms with Gasteiger partial charge in [-0.05, 0) is 98.5 Å². The Morgan fingerprint density at radius 3 is 1.71 bits per heavy atom. The Kier molecular flexibility index (Phi) is 8.84. The summed E-state index contributed by atoms with van der Waals surface area (Å²) in [6.45, 7) is 2.40. The van der Waals surface area contributed by atoms with Gasteiger partial charge in [-0.1, -0.05) is 194 Å². The molecule has 1 atom stereocenters. The Bertz CT molecular complexity index is 3500. The minimum absolute atomic E-state index is 0.337. The smallest absolute Gasteiger partial charge is 0.160 e. The van der Waals surface area contributed by atoms with Gasteiger partial charge in [0.2, 0.25) is 0 Å². The van der Waals surface area contributed by atoms with Crippen LogP contribution in [0.5, 0.6) is 0 Å². The van der Waals surface area contributed by atoms with Crippen LogP contribution < -0.4 is 0 Å². The van der Waals surface area contributed by atoms with Crippen molar-refractivity contribution in [2.75, 3.05) is 0 Å². The normalized spacial score (nSPS) is 14.2. The maximum Gasteiger partial charge on any atom is 0.160 e. The van der Waals surface area contributed by atoms with Gasteiger partial charge < -0.3 is 0 Å². The molecule has 2 nitrogen and oxygen atoms in total. The minimum Gasteiger partial charge on any atom is -0.228 e. The number of aromatic nitrogens is 2. The van der Waals surface area contributed by atoms with Crippen LogP contribution >= 0.6 is 11.3 Å². The van der Waals surface area contributed by atoms with E-state index < -0.39 is 0 Å². The highest BCUT2D eigenvalue weighted by atomic mass is 32.1. The van der Waals surface area contributed by atoms with Crippen molar-refractivity contribution in [3.8, 4) is 78.4 Å². The summed E-state index contributed by atoms with van der Waals surface area (Å²) in [6.07, 6.45) is 0. The molecule has 1 aliphatic rings. The molecule has 0 saturated carbocycles. The van der Waals surface area contributed by atoms with Crippen molar-refractivity contribution < 1.29 is 0 Å². The Hall–Kier alpha value is -7.72. The molecule has 2 aromatic heterocycles. The van der Waals surface area contributed by atoms with Gasteiger partial charge in [0.15, 0.2) is 5.82 Å². The molecule has 1 aliphatic carbocycles. The Balaban J connectivity index is 0.958. The maximum atomic E-state index is 5.23. The topological polar surface area (TPSA) is 25.8 Å². The van der Waals surface area contributed by atoms with Gasteiger partial charge in [0.05, 0.1) is 11.4 Å². The van der Waals surface area contributed by atoms with Crippen molar-refractivity contribution in [1.82, 2.24) is 9.97 Å². The lowest BCUT2D eigenvalue weighted by Gasteiger charge is -2.29. The van der Waals surface area contributed by atoms with E-state index in [4.69, 9.17) is 9.97 Å². The molecule has 0 bridgehead atoms. The number of hydrogen-bond acceptors (Lipinski definition) is 3. The van der Waals surface area contributed by atoms with Gasteiger partial charge in [-0.2, -0.15) is 0 Å². The predicted molar refractivity (Wildman–Crippen MR) is 265 cm³/mol. The number of nitrogens with zero attached hydrogens (tertiary/aromatic N) is 2. The van der Waals surface area contributed by atoms with E-state index in [1.54, 1.807) is 0 Å². The van der Waals surface area contributed by atoms with E-state index in [9.17, 15) is 0 Å². The molecule has 0 N–H and O–H groups in total. The standard InChI is InChI=1S/C60H40N2S/c1-60(46-22-9-4-10-23-46)51-27-14-25-47(39-16-5-2-6-17-39)57(51)49-35-34-44(37-52(49)60)43-20-13-21-45(36-43)54-38-53(61-59(62-54)42-18-7-3-8-19-42)41-32-30-40(31-33-41)48-26-15-29-56-58(48)50-24-11-12-28-55(50)63-56/h2-38H,1H3. The molecule has 0 amide bonds. The zero-order chi connectivity index (χ0) is 41.9. The van der Waals surface area contributed by atoms with Crippen molar-refractivity contribution in [2.24, 2.45) is 0 Å². The fourth-order valence-corrected chi connectivity index (χ4v) is 11.0. The van der Waals surface area contributed by atoms with Crippen LogP contribution in [-0.2, 0) is 5.41 Å². The number of fused-ring (bicyclic) bond motifs is 6. The molecule has 2 heterocycles. The molecule has 0 spiro atoms. The zero-order valence-electron chi connectivity index (χ0n) is 34.7. The molecule has 12 rings (SSSR count). The molecule has 0 saturated heterocycles. The Morgan fingerprint density at radius 1 is 0.365 bits per heavy atom. The highest BCUT2D eigenvalue weighted by Crippen LogP contribution is 2.56. The fourth-order valence-electron chi connectivity index (χ4n) is 9.85. The number of rotatable bonds is 7.